The van der Waals surface area contributed by atoms with Crippen LogP contribution in [0.5, 0.6) is 5.75 Å². The number of hydrogen-bond donors (Lipinski definition) is 0. The summed E-state index contributed by atoms with van der Waals surface area (Å²) in [4.78, 5) is 11.6. The van der Waals surface area contributed by atoms with Gasteiger partial charge in [0.05, 0.1) is 12.7 Å². The second kappa shape index (κ2) is 5.75. The summed E-state index contributed by atoms with van der Waals surface area (Å²) < 4.78 is 10.4. The summed E-state index contributed by atoms with van der Waals surface area (Å²) >= 11 is 5.85. The molecule has 16 heavy (non-hydrogen) atoms. The van der Waals surface area contributed by atoms with Gasteiger partial charge < -0.3 is 9.47 Å². The highest BCUT2D eigenvalue weighted by Crippen LogP contribution is 2.25. The lowest BCUT2D eigenvalue weighted by molar-refractivity contribution is 0.0520. The van der Waals surface area contributed by atoms with Crippen LogP contribution in [0.25, 0.3) is 0 Å². The van der Waals surface area contributed by atoms with Gasteiger partial charge in [-0.05, 0) is 39.0 Å². The summed E-state index contributed by atoms with van der Waals surface area (Å²) in [5.74, 6) is 0.0655. The van der Waals surface area contributed by atoms with Gasteiger partial charge in [0, 0.05) is 5.02 Å². The lowest BCUT2D eigenvalue weighted by Gasteiger charge is -2.13. The number of rotatable bonds is 4. The van der Waals surface area contributed by atoms with E-state index in [2.05, 4.69) is 0 Å². The molecule has 0 N–H and O–H groups in total. The van der Waals surface area contributed by atoms with E-state index in [9.17, 15) is 4.79 Å². The van der Waals surface area contributed by atoms with Crippen LogP contribution in [0, 0.1) is 0 Å². The minimum atomic E-state index is -0.394. The molecule has 3 nitrogen and oxygen atoms in total. The Labute approximate surface area is 100 Å². The van der Waals surface area contributed by atoms with E-state index in [4.69, 9.17) is 21.1 Å². The lowest BCUT2D eigenvalue weighted by atomic mass is 10.2. The van der Waals surface area contributed by atoms with Crippen molar-refractivity contribution in [3.63, 3.8) is 0 Å². The Morgan fingerprint density at radius 1 is 1.44 bits per heavy atom. The number of carbonyl (C=O) groups is 1. The van der Waals surface area contributed by atoms with Crippen LogP contribution >= 0.6 is 11.6 Å². The Balaban J connectivity index is 3.02. The monoisotopic (exact) mass is 242 g/mol. The Morgan fingerprint density at radius 3 is 2.69 bits per heavy atom. The molecule has 1 aromatic rings. The van der Waals surface area contributed by atoms with Crippen molar-refractivity contribution in [2.45, 2.75) is 26.9 Å². The zero-order chi connectivity index (χ0) is 12.1. The molecule has 0 saturated carbocycles. The summed E-state index contributed by atoms with van der Waals surface area (Å²) in [5.41, 5.74) is 0.403. The number of ether oxygens (including phenoxy) is 2. The first kappa shape index (κ1) is 12.8. The molecule has 1 rings (SSSR count). The van der Waals surface area contributed by atoms with E-state index in [0.717, 1.165) is 0 Å². The first-order valence-corrected chi connectivity index (χ1v) is 5.55. The highest BCUT2D eigenvalue weighted by Gasteiger charge is 2.14. The second-order valence-electron chi connectivity index (χ2n) is 3.53. The predicted molar refractivity (Wildman–Crippen MR) is 63.2 cm³/mol. The van der Waals surface area contributed by atoms with Gasteiger partial charge >= 0.3 is 5.97 Å². The normalized spacial score (nSPS) is 10.3. The molecule has 0 aliphatic carbocycles. The molecule has 0 spiro atoms. The number of hydrogen-bond acceptors (Lipinski definition) is 3. The summed E-state index contributed by atoms with van der Waals surface area (Å²) in [7, 11) is 0. The third-order valence-corrected chi connectivity index (χ3v) is 2.04. The topological polar surface area (TPSA) is 35.5 Å². The highest BCUT2D eigenvalue weighted by molar-refractivity contribution is 6.30. The Bertz CT molecular complexity index is 375. The first-order valence-electron chi connectivity index (χ1n) is 5.18. The molecule has 0 atom stereocenters. The summed E-state index contributed by atoms with van der Waals surface area (Å²) in [5, 5.41) is 0.531. The van der Waals surface area contributed by atoms with E-state index in [0.29, 0.717) is 22.9 Å². The molecule has 0 aliphatic rings. The molecule has 88 valence electrons. The molecular weight excluding hydrogens is 228 g/mol. The highest BCUT2D eigenvalue weighted by atomic mass is 35.5. The fraction of sp³-hybridized carbons (Fsp3) is 0.417. The van der Waals surface area contributed by atoms with Crippen molar-refractivity contribution in [3.05, 3.63) is 28.8 Å². The second-order valence-corrected chi connectivity index (χ2v) is 3.96. The minimum Gasteiger partial charge on any atom is -0.490 e. The fourth-order valence-electron chi connectivity index (χ4n) is 1.23. The zero-order valence-corrected chi connectivity index (χ0v) is 10.4. The Morgan fingerprint density at radius 2 is 2.12 bits per heavy atom. The van der Waals surface area contributed by atoms with Gasteiger partial charge in [-0.1, -0.05) is 11.6 Å². The third kappa shape index (κ3) is 3.42. The number of esters is 1. The molecule has 0 unspecified atom stereocenters. The Hall–Kier alpha value is -1.22. The summed E-state index contributed by atoms with van der Waals surface area (Å²) in [6.45, 7) is 5.87. The molecule has 0 fully saturated rings. The Kier molecular flexibility index (Phi) is 4.62. The van der Waals surface area contributed by atoms with Crippen molar-refractivity contribution in [2.75, 3.05) is 6.61 Å². The molecule has 0 radical (unpaired) electrons. The molecule has 4 heteroatoms. The van der Waals surface area contributed by atoms with Crippen molar-refractivity contribution in [1.82, 2.24) is 0 Å². The van der Waals surface area contributed by atoms with E-state index in [1.54, 1.807) is 25.1 Å². The van der Waals surface area contributed by atoms with Crippen molar-refractivity contribution in [2.24, 2.45) is 0 Å². The van der Waals surface area contributed by atoms with Crippen molar-refractivity contribution < 1.29 is 14.3 Å². The van der Waals surface area contributed by atoms with Crippen LogP contribution in [0.1, 0.15) is 31.1 Å². The van der Waals surface area contributed by atoms with E-state index in [1.807, 2.05) is 13.8 Å². The van der Waals surface area contributed by atoms with E-state index >= 15 is 0 Å². The van der Waals surface area contributed by atoms with Crippen LogP contribution < -0.4 is 4.74 Å². The van der Waals surface area contributed by atoms with E-state index < -0.39 is 5.97 Å². The van der Waals surface area contributed by atoms with Crippen molar-refractivity contribution in [3.8, 4) is 5.75 Å². The molecular formula is C12H15ClO3. The van der Waals surface area contributed by atoms with Gasteiger partial charge in [0.2, 0.25) is 0 Å². The van der Waals surface area contributed by atoms with Gasteiger partial charge in [0.1, 0.15) is 11.3 Å². The van der Waals surface area contributed by atoms with Crippen LogP contribution in [-0.2, 0) is 4.74 Å². The average molecular weight is 243 g/mol. The molecule has 0 aliphatic heterocycles. The van der Waals surface area contributed by atoms with Gasteiger partial charge in [-0.25, -0.2) is 4.79 Å². The van der Waals surface area contributed by atoms with Crippen LogP contribution in [0.3, 0.4) is 0 Å². The smallest absolute Gasteiger partial charge is 0.341 e. The van der Waals surface area contributed by atoms with Gasteiger partial charge in [0.25, 0.3) is 0 Å². The molecule has 0 amide bonds. The maximum absolute atomic E-state index is 11.6. The molecule has 0 bridgehead atoms. The van der Waals surface area contributed by atoms with E-state index in [1.165, 1.54) is 0 Å². The lowest BCUT2D eigenvalue weighted by Crippen LogP contribution is -2.11. The zero-order valence-electron chi connectivity index (χ0n) is 9.62. The quantitative estimate of drug-likeness (QED) is 0.760. The summed E-state index contributed by atoms with van der Waals surface area (Å²) in [6, 6.07) is 4.87. The number of carbonyl (C=O) groups excluding carboxylic acids is 1. The molecule has 0 heterocycles. The van der Waals surface area contributed by atoms with Crippen molar-refractivity contribution >= 4 is 17.6 Å². The maximum Gasteiger partial charge on any atom is 0.341 e. The molecule has 1 aromatic carbocycles. The van der Waals surface area contributed by atoms with Gasteiger partial charge in [-0.3, -0.25) is 0 Å². The summed E-state index contributed by atoms with van der Waals surface area (Å²) in [6.07, 6.45) is -0.0216. The van der Waals surface area contributed by atoms with Gasteiger partial charge in [0.15, 0.2) is 0 Å². The largest absolute Gasteiger partial charge is 0.490 e. The average Bonchev–Trinajstić information content (AvgIpc) is 2.16. The number of benzene rings is 1. The van der Waals surface area contributed by atoms with Crippen molar-refractivity contribution in [1.29, 1.82) is 0 Å². The van der Waals surface area contributed by atoms with Crippen LogP contribution in [0.2, 0.25) is 5.02 Å². The van der Waals surface area contributed by atoms with Crippen LogP contribution in [0.15, 0.2) is 18.2 Å². The molecule has 0 aromatic heterocycles. The predicted octanol–water partition coefficient (Wildman–Crippen LogP) is 3.30. The molecule has 0 saturated heterocycles. The third-order valence-electron chi connectivity index (χ3n) is 1.80. The van der Waals surface area contributed by atoms with Crippen LogP contribution in [-0.4, -0.2) is 18.7 Å². The standard InChI is InChI=1S/C12H15ClO3/c1-4-15-12(14)10-6-5-9(13)7-11(10)16-8(2)3/h5-8H,4H2,1-3H3. The fourth-order valence-corrected chi connectivity index (χ4v) is 1.39. The minimum absolute atomic E-state index is 0.0216. The van der Waals surface area contributed by atoms with Gasteiger partial charge in [-0.15, -0.1) is 0 Å². The first-order chi connectivity index (χ1) is 7.54. The number of halogens is 1. The SMILES string of the molecule is CCOC(=O)c1ccc(Cl)cc1OC(C)C. The van der Waals surface area contributed by atoms with Crippen LogP contribution in [0.4, 0.5) is 0 Å². The van der Waals surface area contributed by atoms with E-state index in [-0.39, 0.29) is 6.10 Å². The maximum atomic E-state index is 11.6. The van der Waals surface area contributed by atoms with Gasteiger partial charge in [-0.2, -0.15) is 0 Å².